The molecule has 0 amide bonds. The molecule has 0 bridgehead atoms. The molecule has 4 heteroatoms. The highest BCUT2D eigenvalue weighted by Crippen LogP contribution is 2.08. The fourth-order valence-corrected chi connectivity index (χ4v) is 0.991. The smallest absolute Gasteiger partial charge is 0.159 e. The lowest BCUT2D eigenvalue weighted by Crippen LogP contribution is -2.07. The molecule has 0 aromatic heterocycles. The minimum atomic E-state index is -0.209. The summed E-state index contributed by atoms with van der Waals surface area (Å²) in [5.41, 5.74) is 6.79. The van der Waals surface area contributed by atoms with E-state index in [4.69, 9.17) is 5.73 Å². The van der Waals surface area contributed by atoms with Crippen LogP contribution in [0.2, 0.25) is 0 Å². The normalized spacial score (nSPS) is 15.1. The van der Waals surface area contributed by atoms with Crippen molar-refractivity contribution in [1.82, 2.24) is 5.32 Å². The number of hydrogen-bond donors (Lipinski definition) is 4. The van der Waals surface area contributed by atoms with Crippen molar-refractivity contribution in [1.29, 1.82) is 0 Å². The topological polar surface area (TPSA) is 78.5 Å². The van der Waals surface area contributed by atoms with Gasteiger partial charge in [0.15, 0.2) is 11.5 Å². The van der Waals surface area contributed by atoms with Crippen LogP contribution in [-0.2, 0) is 0 Å². The molecule has 0 saturated heterocycles. The fraction of sp³-hybridized carbons (Fsp3) is 0.455. The van der Waals surface area contributed by atoms with Crippen LogP contribution in [0.1, 0.15) is 20.3 Å². The number of aliphatic hydroxyl groups is 2. The Hall–Kier alpha value is -1.42. The van der Waals surface area contributed by atoms with Crippen molar-refractivity contribution in [3.8, 4) is 0 Å². The van der Waals surface area contributed by atoms with Crippen molar-refractivity contribution in [3.05, 3.63) is 34.9 Å². The summed E-state index contributed by atoms with van der Waals surface area (Å²) in [6.45, 7) is 4.36. The molecule has 0 heterocycles. The maximum absolute atomic E-state index is 9.47. The number of nitrogens with two attached hydrogens (primary N) is 1. The largest absolute Gasteiger partial charge is 0.504 e. The van der Waals surface area contributed by atoms with E-state index in [1.807, 2.05) is 14.0 Å². The van der Waals surface area contributed by atoms with E-state index in [0.717, 1.165) is 18.5 Å². The maximum Gasteiger partial charge on any atom is 0.159 e. The second kappa shape index (κ2) is 6.95. The molecule has 0 saturated carbocycles. The van der Waals surface area contributed by atoms with E-state index in [9.17, 15) is 10.2 Å². The Labute approximate surface area is 90.8 Å². The Morgan fingerprint density at radius 2 is 1.73 bits per heavy atom. The first kappa shape index (κ1) is 13.6. The molecule has 5 N–H and O–H groups in total. The Bertz CT molecular complexity index is 287. The van der Waals surface area contributed by atoms with E-state index in [-0.39, 0.29) is 11.5 Å². The zero-order chi connectivity index (χ0) is 11.8. The summed E-state index contributed by atoms with van der Waals surface area (Å²) in [5, 5.41) is 21.8. The molecular weight excluding hydrogens is 192 g/mol. The van der Waals surface area contributed by atoms with Crippen molar-refractivity contribution in [2.75, 3.05) is 13.6 Å². The summed E-state index contributed by atoms with van der Waals surface area (Å²) in [4.78, 5) is 0. The molecule has 0 fully saturated rings. The second-order valence-corrected chi connectivity index (χ2v) is 3.50. The summed E-state index contributed by atoms with van der Waals surface area (Å²) >= 11 is 0. The quantitative estimate of drug-likeness (QED) is 0.413. The molecule has 0 unspecified atom stereocenters. The van der Waals surface area contributed by atoms with Gasteiger partial charge in [0.2, 0.25) is 0 Å². The predicted molar refractivity (Wildman–Crippen MR) is 62.5 cm³/mol. The Kier molecular flexibility index (Phi) is 6.29. The van der Waals surface area contributed by atoms with Gasteiger partial charge in [-0.3, -0.25) is 0 Å². The molecule has 0 aliphatic rings. The average Bonchev–Trinajstić information content (AvgIpc) is 2.13. The lowest BCUT2D eigenvalue weighted by molar-refractivity contribution is 0.351. The fourth-order valence-electron chi connectivity index (χ4n) is 0.991. The van der Waals surface area contributed by atoms with Gasteiger partial charge in [-0.25, -0.2) is 0 Å². The molecular formula is C11H20N2O2. The van der Waals surface area contributed by atoms with Crippen LogP contribution in [0.3, 0.4) is 0 Å². The van der Waals surface area contributed by atoms with Crippen molar-refractivity contribution >= 4 is 0 Å². The van der Waals surface area contributed by atoms with Crippen LogP contribution < -0.4 is 11.1 Å². The number of nitrogens with one attached hydrogen (secondary N) is 1. The van der Waals surface area contributed by atoms with Gasteiger partial charge in [0.25, 0.3) is 0 Å². The maximum atomic E-state index is 9.47. The third-order valence-corrected chi connectivity index (χ3v) is 1.78. The summed E-state index contributed by atoms with van der Waals surface area (Å²) in [6, 6.07) is 0. The lowest BCUT2D eigenvalue weighted by atomic mass is 10.2. The van der Waals surface area contributed by atoms with Gasteiger partial charge in [-0.1, -0.05) is 5.57 Å². The van der Waals surface area contributed by atoms with E-state index in [1.54, 1.807) is 6.92 Å². The van der Waals surface area contributed by atoms with Crippen LogP contribution in [0.4, 0.5) is 0 Å². The Morgan fingerprint density at radius 3 is 2.20 bits per heavy atom. The number of rotatable bonds is 5. The number of hydrogen-bond acceptors (Lipinski definition) is 4. The van der Waals surface area contributed by atoms with E-state index in [2.05, 4.69) is 5.32 Å². The van der Waals surface area contributed by atoms with Crippen molar-refractivity contribution in [2.45, 2.75) is 20.3 Å². The Morgan fingerprint density at radius 1 is 1.20 bits per heavy atom. The molecule has 0 aromatic rings. The molecule has 0 radical (unpaired) electrons. The third kappa shape index (κ3) is 6.62. The summed E-state index contributed by atoms with van der Waals surface area (Å²) in [5.74, 6) is -0.368. The molecule has 0 spiro atoms. The van der Waals surface area contributed by atoms with Gasteiger partial charge in [-0.15, -0.1) is 0 Å². The summed E-state index contributed by atoms with van der Waals surface area (Å²) < 4.78 is 0. The van der Waals surface area contributed by atoms with Crippen molar-refractivity contribution in [2.24, 2.45) is 5.73 Å². The third-order valence-electron chi connectivity index (χ3n) is 1.78. The first-order chi connectivity index (χ1) is 6.97. The van der Waals surface area contributed by atoms with Gasteiger partial charge >= 0.3 is 0 Å². The molecule has 86 valence electrons. The number of aliphatic hydroxyl groups excluding tert-OH is 2. The van der Waals surface area contributed by atoms with E-state index < -0.39 is 0 Å². The minimum absolute atomic E-state index is 0.159. The second-order valence-electron chi connectivity index (χ2n) is 3.50. The van der Waals surface area contributed by atoms with Gasteiger partial charge in [0.1, 0.15) is 0 Å². The van der Waals surface area contributed by atoms with Crippen LogP contribution in [0.25, 0.3) is 0 Å². The predicted octanol–water partition coefficient (Wildman–Crippen LogP) is 1.73. The summed E-state index contributed by atoms with van der Waals surface area (Å²) in [6.07, 6.45) is 3.67. The zero-order valence-electron chi connectivity index (χ0n) is 9.54. The van der Waals surface area contributed by atoms with Crippen LogP contribution in [0.15, 0.2) is 34.9 Å². The van der Waals surface area contributed by atoms with Gasteiger partial charge in [0.05, 0.1) is 0 Å². The number of allylic oxidation sites excluding steroid dienone is 3. The van der Waals surface area contributed by atoms with Crippen LogP contribution in [0.5, 0.6) is 0 Å². The van der Waals surface area contributed by atoms with Gasteiger partial charge in [-0.2, -0.15) is 0 Å². The standard InChI is InChI=1S/C11H20N2O2/c1-8(4-5-13-3)6-10(14)11(15)7-9(2)12/h6-7,13-15H,4-5,12H2,1-3H3/b8-6+,9-7+,11-10-. The highest BCUT2D eigenvalue weighted by molar-refractivity contribution is 5.26. The van der Waals surface area contributed by atoms with Crippen LogP contribution >= 0.6 is 0 Å². The van der Waals surface area contributed by atoms with Gasteiger partial charge < -0.3 is 21.3 Å². The molecule has 0 aliphatic carbocycles. The molecule has 0 atom stereocenters. The molecule has 4 nitrogen and oxygen atoms in total. The highest BCUT2D eigenvalue weighted by Gasteiger charge is 1.98. The SMILES string of the molecule is CNCC/C(C)=C/C(O)=C(O)\C=C(/C)N. The Balaban J connectivity index is 4.56. The zero-order valence-corrected chi connectivity index (χ0v) is 9.54. The molecule has 15 heavy (non-hydrogen) atoms. The minimum Gasteiger partial charge on any atom is -0.504 e. The van der Waals surface area contributed by atoms with Crippen molar-refractivity contribution in [3.63, 3.8) is 0 Å². The average molecular weight is 212 g/mol. The summed E-state index contributed by atoms with van der Waals surface area (Å²) in [7, 11) is 1.86. The lowest BCUT2D eigenvalue weighted by Gasteiger charge is -2.01. The van der Waals surface area contributed by atoms with E-state index >= 15 is 0 Å². The van der Waals surface area contributed by atoms with Crippen LogP contribution in [0, 0.1) is 0 Å². The first-order valence-electron chi connectivity index (χ1n) is 4.85. The monoisotopic (exact) mass is 212 g/mol. The van der Waals surface area contributed by atoms with Crippen LogP contribution in [-0.4, -0.2) is 23.8 Å². The first-order valence-corrected chi connectivity index (χ1v) is 4.85. The highest BCUT2D eigenvalue weighted by atomic mass is 16.3. The van der Waals surface area contributed by atoms with E-state index in [0.29, 0.717) is 5.70 Å². The van der Waals surface area contributed by atoms with Crippen molar-refractivity contribution < 1.29 is 10.2 Å². The van der Waals surface area contributed by atoms with Gasteiger partial charge in [-0.05, 0) is 39.9 Å². The molecule has 0 aromatic carbocycles. The molecule has 0 aliphatic heterocycles. The van der Waals surface area contributed by atoms with E-state index in [1.165, 1.54) is 12.2 Å². The molecule has 0 rings (SSSR count). The van der Waals surface area contributed by atoms with Gasteiger partial charge in [0, 0.05) is 11.8 Å².